The maximum Gasteiger partial charge on any atom is 0.319 e. The van der Waals surface area contributed by atoms with Crippen molar-refractivity contribution in [1.82, 2.24) is 5.32 Å². The number of nitrogens with one attached hydrogen (secondary N) is 2. The summed E-state index contributed by atoms with van der Waals surface area (Å²) in [6, 6.07) is 4.74. The summed E-state index contributed by atoms with van der Waals surface area (Å²) in [5.74, 6) is -2.01. The van der Waals surface area contributed by atoms with E-state index in [1.54, 1.807) is 0 Å². The number of hydrogen-bond acceptors (Lipinski definition) is 3. The van der Waals surface area contributed by atoms with Crippen LogP contribution < -0.4 is 15.7 Å². The molecule has 0 aliphatic carbocycles. The lowest BCUT2D eigenvalue weighted by Crippen LogP contribution is -2.39. The summed E-state index contributed by atoms with van der Waals surface area (Å²) < 4.78 is 13.0. The monoisotopic (exact) mass is 211 g/mol. The first-order chi connectivity index (χ1) is 7.09. The Kier molecular flexibility index (Phi) is 3.61. The Morgan fingerprint density at radius 1 is 1.33 bits per heavy atom. The molecule has 0 saturated heterocycles. The zero-order valence-electron chi connectivity index (χ0n) is 7.62. The van der Waals surface area contributed by atoms with Crippen LogP contribution >= 0.6 is 0 Å². The number of para-hydroxylation sites is 1. The number of carbonyl (C=O) groups excluding carboxylic acids is 2. The highest BCUT2D eigenvalue weighted by Gasteiger charge is 2.04. The van der Waals surface area contributed by atoms with Crippen molar-refractivity contribution in [2.24, 2.45) is 0 Å². The van der Waals surface area contributed by atoms with E-state index in [0.717, 1.165) is 0 Å². The van der Waals surface area contributed by atoms with E-state index in [9.17, 15) is 19.1 Å². The summed E-state index contributed by atoms with van der Waals surface area (Å²) in [7, 11) is 0. The van der Waals surface area contributed by atoms with E-state index in [-0.39, 0.29) is 5.69 Å². The van der Waals surface area contributed by atoms with E-state index >= 15 is 0 Å². The van der Waals surface area contributed by atoms with Crippen LogP contribution in [0.1, 0.15) is 0 Å². The molecule has 0 aliphatic heterocycles. The summed E-state index contributed by atoms with van der Waals surface area (Å²) in [6.45, 7) is -0.625. The number of rotatable bonds is 3. The average molecular weight is 211 g/mol. The fourth-order valence-corrected chi connectivity index (χ4v) is 0.882. The summed E-state index contributed by atoms with van der Waals surface area (Å²) >= 11 is 0. The minimum absolute atomic E-state index is 0.0200. The summed E-state index contributed by atoms with van der Waals surface area (Å²) in [5.41, 5.74) is -0.0200. The highest BCUT2D eigenvalue weighted by Crippen LogP contribution is 2.11. The number of halogens is 1. The van der Waals surface area contributed by atoms with Crippen LogP contribution in [0.3, 0.4) is 0 Å². The maximum atomic E-state index is 13.0. The molecule has 1 rings (SSSR count). The standard InChI is InChI=1S/C9H9FN2O3/c10-6-3-1-2-4-7(6)12-9(15)11-5-8(13)14/h1-4H,5H2,(H,13,14)(H2,11,12,15)/p-1. The molecule has 0 atom stereocenters. The topological polar surface area (TPSA) is 81.3 Å². The van der Waals surface area contributed by atoms with Crippen LogP contribution in [-0.4, -0.2) is 18.5 Å². The zero-order chi connectivity index (χ0) is 11.3. The second-order valence-electron chi connectivity index (χ2n) is 2.66. The van der Waals surface area contributed by atoms with E-state index < -0.39 is 24.4 Å². The molecular weight excluding hydrogens is 203 g/mol. The van der Waals surface area contributed by atoms with Crippen LogP contribution in [0.4, 0.5) is 14.9 Å². The minimum atomic E-state index is -1.42. The minimum Gasteiger partial charge on any atom is -0.548 e. The van der Waals surface area contributed by atoms with Crippen molar-refractivity contribution in [3.63, 3.8) is 0 Å². The number of hydrogen-bond donors (Lipinski definition) is 2. The quantitative estimate of drug-likeness (QED) is 0.720. The van der Waals surface area contributed by atoms with Gasteiger partial charge in [0.1, 0.15) is 5.82 Å². The SMILES string of the molecule is O=C([O-])CNC(=O)Nc1ccccc1F. The first kappa shape index (κ1) is 11.0. The lowest BCUT2D eigenvalue weighted by atomic mass is 10.3. The van der Waals surface area contributed by atoms with Gasteiger partial charge in [0.25, 0.3) is 0 Å². The first-order valence-corrected chi connectivity index (χ1v) is 4.09. The average Bonchev–Trinajstić information content (AvgIpc) is 2.18. The van der Waals surface area contributed by atoms with E-state index in [0.29, 0.717) is 0 Å². The van der Waals surface area contributed by atoms with Gasteiger partial charge in [-0.15, -0.1) is 0 Å². The highest BCUT2D eigenvalue weighted by atomic mass is 19.1. The predicted octanol–water partition coefficient (Wildman–Crippen LogP) is -0.303. The zero-order valence-corrected chi connectivity index (χ0v) is 7.62. The van der Waals surface area contributed by atoms with Gasteiger partial charge in [0, 0.05) is 0 Å². The number of urea groups is 1. The molecule has 0 bridgehead atoms. The Hall–Kier alpha value is -2.11. The van der Waals surface area contributed by atoms with E-state index in [1.165, 1.54) is 24.3 Å². The number of carboxylic acids is 1. The largest absolute Gasteiger partial charge is 0.548 e. The number of amides is 2. The molecule has 2 N–H and O–H groups in total. The van der Waals surface area contributed by atoms with Crippen LogP contribution in [-0.2, 0) is 4.79 Å². The molecule has 0 radical (unpaired) electrons. The third kappa shape index (κ3) is 3.63. The van der Waals surface area contributed by atoms with Gasteiger partial charge in [0.15, 0.2) is 0 Å². The van der Waals surface area contributed by atoms with Crippen molar-refractivity contribution in [3.8, 4) is 0 Å². The van der Waals surface area contributed by atoms with Crippen LogP contribution in [0.2, 0.25) is 0 Å². The maximum absolute atomic E-state index is 13.0. The molecule has 15 heavy (non-hydrogen) atoms. The van der Waals surface area contributed by atoms with Crippen molar-refractivity contribution >= 4 is 17.7 Å². The van der Waals surface area contributed by atoms with E-state index in [2.05, 4.69) is 5.32 Å². The van der Waals surface area contributed by atoms with E-state index in [1.807, 2.05) is 5.32 Å². The van der Waals surface area contributed by atoms with Gasteiger partial charge in [-0.25, -0.2) is 9.18 Å². The molecule has 1 aromatic rings. The lowest BCUT2D eigenvalue weighted by Gasteiger charge is -2.08. The van der Waals surface area contributed by atoms with Gasteiger partial charge in [0.2, 0.25) is 0 Å². The Bertz CT molecular complexity index is 381. The fourth-order valence-electron chi connectivity index (χ4n) is 0.882. The first-order valence-electron chi connectivity index (χ1n) is 4.09. The summed E-state index contributed by atoms with van der Waals surface area (Å²) in [4.78, 5) is 21.0. The van der Waals surface area contributed by atoms with Crippen molar-refractivity contribution in [3.05, 3.63) is 30.1 Å². The number of aliphatic carboxylic acids is 1. The van der Waals surface area contributed by atoms with Gasteiger partial charge in [-0.1, -0.05) is 12.1 Å². The lowest BCUT2D eigenvalue weighted by molar-refractivity contribution is -0.303. The highest BCUT2D eigenvalue weighted by molar-refractivity contribution is 5.91. The van der Waals surface area contributed by atoms with E-state index in [4.69, 9.17) is 0 Å². The van der Waals surface area contributed by atoms with Gasteiger partial charge >= 0.3 is 6.03 Å². The molecule has 5 nitrogen and oxygen atoms in total. The molecule has 1 aromatic carbocycles. The van der Waals surface area contributed by atoms with Gasteiger partial charge in [-0.05, 0) is 12.1 Å². The van der Waals surface area contributed by atoms with Crippen molar-refractivity contribution in [2.75, 3.05) is 11.9 Å². The Morgan fingerprint density at radius 2 is 2.00 bits per heavy atom. The third-order valence-electron chi connectivity index (χ3n) is 1.52. The predicted molar refractivity (Wildman–Crippen MR) is 48.4 cm³/mol. The Balaban J connectivity index is 2.52. The Labute approximate surface area is 84.9 Å². The molecule has 0 saturated carbocycles. The van der Waals surface area contributed by atoms with Gasteiger partial charge < -0.3 is 20.5 Å². The van der Waals surface area contributed by atoms with Crippen LogP contribution in [0, 0.1) is 5.82 Å². The number of carbonyl (C=O) groups is 2. The molecule has 0 fully saturated rings. The number of carboxylic acid groups (broad SMARTS) is 1. The molecule has 80 valence electrons. The van der Waals surface area contributed by atoms with Crippen molar-refractivity contribution < 1.29 is 19.1 Å². The van der Waals surface area contributed by atoms with Gasteiger partial charge in [-0.2, -0.15) is 0 Å². The second-order valence-corrected chi connectivity index (χ2v) is 2.66. The van der Waals surface area contributed by atoms with Crippen molar-refractivity contribution in [1.29, 1.82) is 0 Å². The number of benzene rings is 1. The normalized spacial score (nSPS) is 9.40. The molecule has 0 aromatic heterocycles. The van der Waals surface area contributed by atoms with Crippen LogP contribution in [0.25, 0.3) is 0 Å². The van der Waals surface area contributed by atoms with Crippen LogP contribution in [0.5, 0.6) is 0 Å². The van der Waals surface area contributed by atoms with Crippen molar-refractivity contribution in [2.45, 2.75) is 0 Å². The van der Waals surface area contributed by atoms with Gasteiger partial charge in [-0.3, -0.25) is 0 Å². The molecule has 0 unspecified atom stereocenters. The second kappa shape index (κ2) is 4.94. The van der Waals surface area contributed by atoms with Crippen LogP contribution in [0.15, 0.2) is 24.3 Å². The molecule has 0 heterocycles. The summed E-state index contributed by atoms with van der Waals surface area (Å²) in [5, 5.41) is 14.1. The molecule has 2 amide bonds. The molecule has 0 spiro atoms. The molecular formula is C9H8FN2O3-. The molecule has 6 heteroatoms. The number of anilines is 1. The smallest absolute Gasteiger partial charge is 0.319 e. The third-order valence-corrected chi connectivity index (χ3v) is 1.52. The van der Waals surface area contributed by atoms with Gasteiger partial charge in [0.05, 0.1) is 18.2 Å². The molecule has 0 aliphatic rings. The Morgan fingerprint density at radius 3 is 2.60 bits per heavy atom. The summed E-state index contributed by atoms with van der Waals surface area (Å²) in [6.07, 6.45) is 0. The fraction of sp³-hybridized carbons (Fsp3) is 0.111.